The van der Waals surface area contributed by atoms with Crippen molar-refractivity contribution in [1.29, 1.82) is 0 Å². The maximum atomic E-state index is 12.5. The quantitative estimate of drug-likeness (QED) is 0.786. The van der Waals surface area contributed by atoms with Crippen LogP contribution in [0.5, 0.6) is 0 Å². The molecule has 0 saturated carbocycles. The lowest BCUT2D eigenvalue weighted by Gasteiger charge is -2.11. The van der Waals surface area contributed by atoms with E-state index >= 15 is 0 Å². The van der Waals surface area contributed by atoms with Crippen molar-refractivity contribution in [2.24, 2.45) is 0 Å². The smallest absolute Gasteiger partial charge is 0.263 e. The Balaban J connectivity index is 1.87. The molecule has 0 radical (unpaired) electrons. The molecule has 6 nitrogen and oxygen atoms in total. The minimum atomic E-state index is -3.75. The summed E-state index contributed by atoms with van der Waals surface area (Å²) in [6.45, 7) is 1.76. The molecule has 0 bridgehead atoms. The van der Waals surface area contributed by atoms with Gasteiger partial charge in [0.25, 0.3) is 10.0 Å². The molecule has 23 heavy (non-hydrogen) atoms. The normalized spacial score (nSPS) is 11.4. The lowest BCUT2D eigenvalue weighted by molar-refractivity contribution is 0.601. The lowest BCUT2D eigenvalue weighted by Crippen LogP contribution is -2.13. The first kappa shape index (κ1) is 15.5. The van der Waals surface area contributed by atoms with E-state index in [1.54, 1.807) is 54.3 Å². The Bertz CT molecular complexity index is 923. The maximum absolute atomic E-state index is 12.5. The summed E-state index contributed by atoms with van der Waals surface area (Å²) in [4.78, 5) is 3.92. The molecular formula is C15H13ClN4O2S. The number of rotatable bonds is 4. The summed E-state index contributed by atoms with van der Waals surface area (Å²) in [7, 11) is -3.75. The largest absolute Gasteiger partial charge is 0.280 e. The van der Waals surface area contributed by atoms with Crippen molar-refractivity contribution in [2.45, 2.75) is 11.8 Å². The summed E-state index contributed by atoms with van der Waals surface area (Å²) in [5, 5.41) is 4.23. The van der Waals surface area contributed by atoms with E-state index in [0.29, 0.717) is 11.3 Å². The molecule has 0 unspecified atom stereocenters. The van der Waals surface area contributed by atoms with E-state index in [2.05, 4.69) is 14.8 Å². The van der Waals surface area contributed by atoms with Crippen molar-refractivity contribution in [2.75, 3.05) is 4.72 Å². The molecular weight excluding hydrogens is 336 g/mol. The molecule has 0 aliphatic carbocycles. The third kappa shape index (κ3) is 3.20. The van der Waals surface area contributed by atoms with Gasteiger partial charge >= 0.3 is 0 Å². The zero-order valence-electron chi connectivity index (χ0n) is 12.1. The van der Waals surface area contributed by atoms with E-state index < -0.39 is 10.0 Å². The van der Waals surface area contributed by atoms with E-state index in [1.807, 2.05) is 0 Å². The van der Waals surface area contributed by atoms with Crippen LogP contribution in [-0.4, -0.2) is 23.2 Å². The Kier molecular flexibility index (Phi) is 4.06. The number of aromatic nitrogens is 3. The van der Waals surface area contributed by atoms with Crippen molar-refractivity contribution in [1.82, 2.24) is 14.8 Å². The maximum Gasteiger partial charge on any atom is 0.263 e. The highest BCUT2D eigenvalue weighted by Gasteiger charge is 2.18. The topological polar surface area (TPSA) is 76.9 Å². The van der Waals surface area contributed by atoms with Gasteiger partial charge in [-0.05, 0) is 42.8 Å². The zero-order chi connectivity index (χ0) is 16.4. The predicted octanol–water partition coefficient (Wildman–Crippen LogP) is 3.03. The van der Waals surface area contributed by atoms with E-state index in [9.17, 15) is 8.42 Å². The Labute approximate surface area is 138 Å². The molecule has 0 fully saturated rings. The third-order valence-corrected chi connectivity index (χ3v) is 5.29. The van der Waals surface area contributed by atoms with Gasteiger partial charge in [0.1, 0.15) is 17.6 Å². The van der Waals surface area contributed by atoms with Gasteiger partial charge in [0.05, 0.1) is 10.7 Å². The fourth-order valence-electron chi connectivity index (χ4n) is 2.06. The van der Waals surface area contributed by atoms with Crippen LogP contribution in [-0.2, 0) is 10.0 Å². The number of halogens is 1. The van der Waals surface area contributed by atoms with Gasteiger partial charge in [-0.3, -0.25) is 4.72 Å². The summed E-state index contributed by atoms with van der Waals surface area (Å²) < 4.78 is 29.0. The van der Waals surface area contributed by atoms with Crippen LogP contribution < -0.4 is 4.72 Å². The van der Waals surface area contributed by atoms with Crippen molar-refractivity contribution in [3.8, 4) is 5.69 Å². The Morgan fingerprint density at radius 2 is 1.87 bits per heavy atom. The number of benzene rings is 2. The summed E-state index contributed by atoms with van der Waals surface area (Å²) in [5.74, 6) is 0. The minimum Gasteiger partial charge on any atom is -0.280 e. The summed E-state index contributed by atoms with van der Waals surface area (Å²) in [6.07, 6.45) is 2.99. The van der Waals surface area contributed by atoms with Crippen LogP contribution in [0.4, 0.5) is 5.69 Å². The average molecular weight is 349 g/mol. The van der Waals surface area contributed by atoms with Gasteiger partial charge < -0.3 is 0 Å². The highest BCUT2D eigenvalue weighted by molar-refractivity contribution is 7.92. The first-order valence-corrected chi connectivity index (χ1v) is 8.56. The number of nitrogens with zero attached hydrogens (tertiary/aromatic N) is 3. The number of anilines is 1. The highest BCUT2D eigenvalue weighted by atomic mass is 35.5. The van der Waals surface area contributed by atoms with Crippen LogP contribution in [0.25, 0.3) is 5.69 Å². The van der Waals surface area contributed by atoms with Crippen LogP contribution in [0.3, 0.4) is 0 Å². The molecule has 1 aromatic heterocycles. The molecule has 118 valence electrons. The molecule has 3 aromatic rings. The standard InChI is InChI=1S/C15H13ClN4O2S/c1-11-3-2-4-14(15(11)16)23(21,22)19-12-5-7-13(8-6-12)20-10-17-9-18-20/h2-10,19H,1H3. The average Bonchev–Trinajstić information content (AvgIpc) is 3.04. The molecule has 3 rings (SSSR count). The number of aryl methyl sites for hydroxylation is 1. The highest BCUT2D eigenvalue weighted by Crippen LogP contribution is 2.26. The summed E-state index contributed by atoms with van der Waals surface area (Å²) >= 11 is 6.10. The second kappa shape index (κ2) is 6.02. The number of nitrogens with one attached hydrogen (secondary N) is 1. The van der Waals surface area contributed by atoms with Crippen LogP contribution in [0.1, 0.15) is 5.56 Å². The Morgan fingerprint density at radius 3 is 2.52 bits per heavy atom. The molecule has 2 aromatic carbocycles. The molecule has 1 N–H and O–H groups in total. The number of hydrogen-bond acceptors (Lipinski definition) is 4. The van der Waals surface area contributed by atoms with Gasteiger partial charge in [-0.2, -0.15) is 5.10 Å². The SMILES string of the molecule is Cc1cccc(S(=O)(=O)Nc2ccc(-n3cncn3)cc2)c1Cl. The molecule has 0 aliphatic heterocycles. The minimum absolute atomic E-state index is 0.0551. The van der Waals surface area contributed by atoms with E-state index in [-0.39, 0.29) is 9.92 Å². The van der Waals surface area contributed by atoms with E-state index in [1.165, 1.54) is 12.4 Å². The molecule has 1 heterocycles. The van der Waals surface area contributed by atoms with Crippen LogP contribution >= 0.6 is 11.6 Å². The zero-order valence-corrected chi connectivity index (χ0v) is 13.7. The number of hydrogen-bond donors (Lipinski definition) is 1. The molecule has 0 atom stereocenters. The van der Waals surface area contributed by atoms with Crippen molar-refractivity contribution >= 4 is 27.3 Å². The van der Waals surface area contributed by atoms with E-state index in [4.69, 9.17) is 11.6 Å². The third-order valence-electron chi connectivity index (χ3n) is 3.25. The summed E-state index contributed by atoms with van der Waals surface area (Å²) in [6, 6.07) is 11.7. The van der Waals surface area contributed by atoms with Crippen LogP contribution in [0, 0.1) is 6.92 Å². The summed E-state index contributed by atoms with van der Waals surface area (Å²) in [5.41, 5.74) is 1.92. The molecule has 0 saturated heterocycles. The first-order chi connectivity index (χ1) is 11.0. The first-order valence-electron chi connectivity index (χ1n) is 6.70. The van der Waals surface area contributed by atoms with Gasteiger partial charge in [0.2, 0.25) is 0 Å². The van der Waals surface area contributed by atoms with Crippen molar-refractivity contribution in [3.05, 3.63) is 65.7 Å². The van der Waals surface area contributed by atoms with Crippen LogP contribution in [0.2, 0.25) is 5.02 Å². The molecule has 0 amide bonds. The van der Waals surface area contributed by atoms with Gasteiger partial charge in [0.15, 0.2) is 0 Å². The fourth-order valence-corrected chi connectivity index (χ4v) is 3.70. The van der Waals surface area contributed by atoms with Gasteiger partial charge in [-0.25, -0.2) is 18.1 Å². The second-order valence-electron chi connectivity index (χ2n) is 4.88. The lowest BCUT2D eigenvalue weighted by atomic mass is 10.2. The van der Waals surface area contributed by atoms with Gasteiger partial charge in [0, 0.05) is 5.69 Å². The monoisotopic (exact) mass is 348 g/mol. The predicted molar refractivity (Wildman–Crippen MR) is 88.4 cm³/mol. The second-order valence-corrected chi connectivity index (χ2v) is 6.91. The van der Waals surface area contributed by atoms with Crippen LogP contribution in [0.15, 0.2) is 60.0 Å². The fraction of sp³-hybridized carbons (Fsp3) is 0.0667. The molecule has 0 aliphatic rings. The van der Waals surface area contributed by atoms with Gasteiger partial charge in [-0.1, -0.05) is 23.7 Å². The Hall–Kier alpha value is -2.38. The number of sulfonamides is 1. The van der Waals surface area contributed by atoms with E-state index in [0.717, 1.165) is 5.69 Å². The van der Waals surface area contributed by atoms with Crippen molar-refractivity contribution in [3.63, 3.8) is 0 Å². The molecule has 0 spiro atoms. The van der Waals surface area contributed by atoms with Crippen molar-refractivity contribution < 1.29 is 8.42 Å². The van der Waals surface area contributed by atoms with Gasteiger partial charge in [-0.15, -0.1) is 0 Å². The Morgan fingerprint density at radius 1 is 1.13 bits per heavy atom. The molecule has 8 heteroatoms.